The molecule has 0 aliphatic heterocycles. The fraction of sp³-hybridized carbons (Fsp3) is 0. The van der Waals surface area contributed by atoms with Crippen molar-refractivity contribution in [3.8, 4) is 17.6 Å². The lowest BCUT2D eigenvalue weighted by Crippen LogP contribution is -2.01. The number of hydrogen-bond acceptors (Lipinski definition) is 7. The fourth-order valence-electron chi connectivity index (χ4n) is 2.63. The number of nitrogens with one attached hydrogen (secondary N) is 2. The lowest BCUT2D eigenvalue weighted by Gasteiger charge is -2.12. The zero-order valence-corrected chi connectivity index (χ0v) is 14.1. The second-order valence-corrected chi connectivity index (χ2v) is 5.64. The zero-order chi connectivity index (χ0) is 19.7. The number of rotatable bonds is 4. The van der Waals surface area contributed by atoms with Gasteiger partial charge in [-0.3, -0.25) is 0 Å². The minimum Gasteiger partial charge on any atom is -0.450 e. The topological polar surface area (TPSA) is 126 Å². The van der Waals surface area contributed by atoms with Gasteiger partial charge < -0.3 is 20.8 Å². The number of anilines is 3. The third-order valence-corrected chi connectivity index (χ3v) is 3.81. The number of nitrogen functional groups attached to an aromatic ring is 1. The van der Waals surface area contributed by atoms with Crippen molar-refractivity contribution in [2.24, 2.45) is 0 Å². The van der Waals surface area contributed by atoms with E-state index >= 15 is 0 Å². The SMILES string of the molecule is N#Cc1c[nH]c2nccc(Oc3c(F)cc(Nc4ccnc(N)n4)cc3F)c12. The highest BCUT2D eigenvalue weighted by molar-refractivity contribution is 5.88. The van der Waals surface area contributed by atoms with E-state index in [1.54, 1.807) is 0 Å². The van der Waals surface area contributed by atoms with E-state index in [0.717, 1.165) is 12.1 Å². The Morgan fingerprint density at radius 1 is 1.14 bits per heavy atom. The van der Waals surface area contributed by atoms with Crippen molar-refractivity contribution in [3.05, 3.63) is 60.1 Å². The number of hydrogen-bond donors (Lipinski definition) is 3. The largest absolute Gasteiger partial charge is 0.450 e. The summed E-state index contributed by atoms with van der Waals surface area (Å²) in [7, 11) is 0. The average molecular weight is 379 g/mol. The minimum atomic E-state index is -0.941. The number of H-pyrrole nitrogens is 1. The smallest absolute Gasteiger partial charge is 0.221 e. The van der Waals surface area contributed by atoms with E-state index in [9.17, 15) is 14.0 Å². The highest BCUT2D eigenvalue weighted by Crippen LogP contribution is 2.35. The summed E-state index contributed by atoms with van der Waals surface area (Å²) >= 11 is 0. The van der Waals surface area contributed by atoms with Crippen LogP contribution in [-0.4, -0.2) is 19.9 Å². The van der Waals surface area contributed by atoms with Crippen molar-refractivity contribution in [3.63, 3.8) is 0 Å². The maximum atomic E-state index is 14.5. The molecule has 0 saturated heterocycles. The number of halogens is 2. The third-order valence-electron chi connectivity index (χ3n) is 3.81. The van der Waals surface area contributed by atoms with Gasteiger partial charge in [-0.2, -0.15) is 10.2 Å². The molecule has 0 radical (unpaired) electrons. The molecule has 0 spiro atoms. The standard InChI is InChI=1S/C18H11F2N7O/c19-11-5-10(26-14-2-4-24-18(22)27-14)6-12(20)16(11)28-13-1-3-23-17-15(13)9(7-21)8-25-17/h1-6,8H,(H,23,25)(H3,22,24,26,27). The first-order chi connectivity index (χ1) is 13.5. The monoisotopic (exact) mass is 379 g/mol. The van der Waals surface area contributed by atoms with E-state index in [1.165, 1.54) is 30.7 Å². The Kier molecular flexibility index (Phi) is 4.17. The zero-order valence-electron chi connectivity index (χ0n) is 14.1. The van der Waals surface area contributed by atoms with Gasteiger partial charge >= 0.3 is 0 Å². The number of nitrogens with zero attached hydrogens (tertiary/aromatic N) is 4. The molecule has 10 heteroatoms. The Morgan fingerprint density at radius 3 is 2.61 bits per heavy atom. The van der Waals surface area contributed by atoms with Crippen molar-refractivity contribution >= 4 is 28.5 Å². The average Bonchev–Trinajstić information content (AvgIpc) is 3.09. The van der Waals surface area contributed by atoms with Crippen molar-refractivity contribution in [2.45, 2.75) is 0 Å². The normalized spacial score (nSPS) is 10.6. The molecule has 3 heterocycles. The van der Waals surface area contributed by atoms with Gasteiger partial charge in [0.1, 0.15) is 23.3 Å². The van der Waals surface area contributed by atoms with Crippen LogP contribution in [0.5, 0.6) is 11.5 Å². The Hall–Kier alpha value is -4.26. The van der Waals surface area contributed by atoms with Crippen LogP contribution in [0.4, 0.5) is 26.2 Å². The first kappa shape index (κ1) is 17.2. The molecule has 0 saturated carbocycles. The molecular formula is C18H11F2N7O. The first-order valence-electron chi connectivity index (χ1n) is 7.94. The van der Waals surface area contributed by atoms with Gasteiger partial charge in [0.05, 0.1) is 10.9 Å². The highest BCUT2D eigenvalue weighted by Gasteiger charge is 2.18. The molecule has 138 valence electrons. The maximum absolute atomic E-state index is 14.5. The van der Waals surface area contributed by atoms with Crippen LogP contribution in [0.1, 0.15) is 5.56 Å². The van der Waals surface area contributed by atoms with E-state index < -0.39 is 17.4 Å². The Balaban J connectivity index is 1.68. The molecule has 0 aliphatic carbocycles. The second kappa shape index (κ2) is 6.81. The number of nitrogens with two attached hydrogens (primary N) is 1. The fourth-order valence-corrected chi connectivity index (χ4v) is 2.63. The molecule has 1 aromatic carbocycles. The maximum Gasteiger partial charge on any atom is 0.221 e. The van der Waals surface area contributed by atoms with Crippen LogP contribution in [0.2, 0.25) is 0 Å². The minimum absolute atomic E-state index is 0.0207. The summed E-state index contributed by atoms with van der Waals surface area (Å²) in [5, 5.41) is 12.3. The van der Waals surface area contributed by atoms with E-state index in [-0.39, 0.29) is 28.8 Å². The van der Waals surface area contributed by atoms with Crippen LogP contribution in [0, 0.1) is 23.0 Å². The molecule has 8 nitrogen and oxygen atoms in total. The quantitative estimate of drug-likeness (QED) is 0.494. The molecular weight excluding hydrogens is 368 g/mol. The van der Waals surface area contributed by atoms with Gasteiger partial charge in [-0.25, -0.2) is 18.7 Å². The van der Waals surface area contributed by atoms with Crippen molar-refractivity contribution in [1.29, 1.82) is 5.26 Å². The highest BCUT2D eigenvalue weighted by atomic mass is 19.1. The van der Waals surface area contributed by atoms with Gasteiger partial charge in [0.15, 0.2) is 17.4 Å². The molecule has 0 amide bonds. The number of nitriles is 1. The number of pyridine rings is 1. The Bertz CT molecular complexity index is 1210. The molecule has 3 aromatic heterocycles. The molecule has 4 N–H and O–H groups in total. The molecule has 28 heavy (non-hydrogen) atoms. The predicted octanol–water partition coefficient (Wildman–Crippen LogP) is 3.62. The molecule has 4 aromatic rings. The number of aromatic amines is 1. The number of aromatic nitrogens is 4. The van der Waals surface area contributed by atoms with Crippen LogP contribution in [0.3, 0.4) is 0 Å². The van der Waals surface area contributed by atoms with Crippen LogP contribution >= 0.6 is 0 Å². The summed E-state index contributed by atoms with van der Waals surface area (Å²) in [5.41, 5.74) is 6.21. The Labute approximate surface area is 156 Å². The summed E-state index contributed by atoms with van der Waals surface area (Å²) in [6, 6.07) is 7.00. The van der Waals surface area contributed by atoms with Gasteiger partial charge in [0.25, 0.3) is 0 Å². The van der Waals surface area contributed by atoms with E-state index in [0.29, 0.717) is 11.0 Å². The summed E-state index contributed by atoms with van der Waals surface area (Å²) in [4.78, 5) is 14.5. The van der Waals surface area contributed by atoms with Gasteiger partial charge in [-0.05, 0) is 12.1 Å². The van der Waals surface area contributed by atoms with Gasteiger partial charge in [-0.1, -0.05) is 0 Å². The predicted molar refractivity (Wildman–Crippen MR) is 97.0 cm³/mol. The van der Waals surface area contributed by atoms with E-state index in [4.69, 9.17) is 10.5 Å². The van der Waals surface area contributed by atoms with Crippen molar-refractivity contribution in [1.82, 2.24) is 19.9 Å². The molecule has 4 rings (SSSR count). The lowest BCUT2D eigenvalue weighted by molar-refractivity contribution is 0.411. The second-order valence-electron chi connectivity index (χ2n) is 5.64. The van der Waals surface area contributed by atoms with Gasteiger partial charge in [0.2, 0.25) is 5.95 Å². The van der Waals surface area contributed by atoms with E-state index in [1.807, 2.05) is 6.07 Å². The number of ether oxygens (including phenoxy) is 1. The lowest BCUT2D eigenvalue weighted by atomic mass is 10.2. The van der Waals surface area contributed by atoms with Crippen molar-refractivity contribution < 1.29 is 13.5 Å². The molecule has 0 fully saturated rings. The molecule has 0 unspecified atom stereocenters. The summed E-state index contributed by atoms with van der Waals surface area (Å²) in [6.45, 7) is 0. The molecule has 0 bridgehead atoms. The van der Waals surface area contributed by atoms with Crippen molar-refractivity contribution in [2.75, 3.05) is 11.1 Å². The van der Waals surface area contributed by atoms with Gasteiger partial charge in [-0.15, -0.1) is 0 Å². The van der Waals surface area contributed by atoms with E-state index in [2.05, 4.69) is 25.3 Å². The van der Waals surface area contributed by atoms with Gasteiger partial charge in [0, 0.05) is 36.4 Å². The van der Waals surface area contributed by atoms with Crippen LogP contribution in [0.15, 0.2) is 42.9 Å². The summed E-state index contributed by atoms with van der Waals surface area (Å²) < 4.78 is 34.5. The van der Waals surface area contributed by atoms with Crippen LogP contribution in [0.25, 0.3) is 11.0 Å². The molecule has 0 atom stereocenters. The Morgan fingerprint density at radius 2 is 1.89 bits per heavy atom. The summed E-state index contributed by atoms with van der Waals surface area (Å²) in [6.07, 6.45) is 4.26. The molecule has 0 aliphatic rings. The third kappa shape index (κ3) is 3.12. The number of benzene rings is 1. The van der Waals surface area contributed by atoms with Crippen LogP contribution < -0.4 is 15.8 Å². The number of fused-ring (bicyclic) bond motifs is 1. The first-order valence-corrected chi connectivity index (χ1v) is 7.94. The van der Waals surface area contributed by atoms with Crippen LogP contribution in [-0.2, 0) is 0 Å². The summed E-state index contributed by atoms with van der Waals surface area (Å²) in [5.74, 6) is -2.09.